The van der Waals surface area contributed by atoms with Crippen molar-refractivity contribution >= 4 is 23.2 Å². The van der Waals surface area contributed by atoms with E-state index >= 15 is 0 Å². The second-order valence-electron chi connectivity index (χ2n) is 5.02. The molecule has 0 aromatic heterocycles. The van der Waals surface area contributed by atoms with Crippen LogP contribution in [0.5, 0.6) is 0 Å². The maximum Gasteiger partial charge on any atom is 0.256 e. The highest BCUT2D eigenvalue weighted by molar-refractivity contribution is 6.33. The summed E-state index contributed by atoms with van der Waals surface area (Å²) in [5.41, 5.74) is 1.76. The van der Waals surface area contributed by atoms with Crippen LogP contribution in [0, 0.1) is 17.7 Å². The average Bonchev–Trinajstić information content (AvgIpc) is 2.52. The third-order valence-electron chi connectivity index (χ3n) is 3.14. The number of carbonyl (C=O) groups is 1. The minimum absolute atomic E-state index is 0.0785. The molecule has 0 unspecified atom stereocenters. The number of nitrogens with one attached hydrogen (secondary N) is 1. The fourth-order valence-corrected chi connectivity index (χ4v) is 2.17. The first-order chi connectivity index (χ1) is 11.0. The van der Waals surface area contributed by atoms with Crippen molar-refractivity contribution < 1.29 is 9.18 Å². The Hall–Kier alpha value is -2.51. The number of nitrogens with zero attached hydrogens (tertiary/aromatic N) is 1. The number of rotatable bonds is 3. The van der Waals surface area contributed by atoms with Gasteiger partial charge in [0, 0.05) is 25.3 Å². The van der Waals surface area contributed by atoms with Crippen LogP contribution in [-0.4, -0.2) is 26.5 Å². The van der Waals surface area contributed by atoms with Gasteiger partial charge in [-0.3, -0.25) is 4.79 Å². The lowest BCUT2D eigenvalue weighted by atomic mass is 10.2. The van der Waals surface area contributed by atoms with Crippen molar-refractivity contribution in [2.75, 3.05) is 25.5 Å². The number of halogens is 2. The van der Waals surface area contributed by atoms with E-state index in [0.717, 1.165) is 11.3 Å². The smallest absolute Gasteiger partial charge is 0.256 e. The molecule has 0 saturated carbocycles. The average molecular weight is 331 g/mol. The van der Waals surface area contributed by atoms with Crippen LogP contribution in [0.1, 0.15) is 15.9 Å². The Morgan fingerprint density at radius 3 is 2.52 bits per heavy atom. The Morgan fingerprint density at radius 1 is 1.22 bits per heavy atom. The molecule has 23 heavy (non-hydrogen) atoms. The van der Waals surface area contributed by atoms with Crippen LogP contribution in [0.2, 0.25) is 5.02 Å². The number of carbonyl (C=O) groups excluding carboxylic acids is 1. The molecule has 0 aliphatic carbocycles. The summed E-state index contributed by atoms with van der Waals surface area (Å²) in [6.45, 7) is 0.110. The largest absolute Gasteiger partial charge is 0.378 e. The van der Waals surface area contributed by atoms with Gasteiger partial charge in [-0.1, -0.05) is 29.5 Å². The van der Waals surface area contributed by atoms with Crippen molar-refractivity contribution in [3.8, 4) is 11.8 Å². The van der Waals surface area contributed by atoms with Crippen LogP contribution in [0.15, 0.2) is 42.5 Å². The van der Waals surface area contributed by atoms with Crippen molar-refractivity contribution in [2.45, 2.75) is 0 Å². The molecular formula is C18H16ClFN2O. The van der Waals surface area contributed by atoms with Gasteiger partial charge in [-0.2, -0.15) is 0 Å². The van der Waals surface area contributed by atoms with Crippen LogP contribution < -0.4 is 10.2 Å². The molecule has 2 aromatic rings. The predicted octanol–water partition coefficient (Wildman–Crippen LogP) is 3.33. The second kappa shape index (κ2) is 7.66. The van der Waals surface area contributed by atoms with Crippen molar-refractivity contribution in [3.63, 3.8) is 0 Å². The minimum atomic E-state index is -0.651. The van der Waals surface area contributed by atoms with Gasteiger partial charge in [0.2, 0.25) is 0 Å². The second-order valence-corrected chi connectivity index (χ2v) is 5.43. The third kappa shape index (κ3) is 4.48. The van der Waals surface area contributed by atoms with Crippen LogP contribution in [0.3, 0.4) is 0 Å². The highest BCUT2D eigenvalue weighted by Gasteiger charge is 2.14. The summed E-state index contributed by atoms with van der Waals surface area (Å²) < 4.78 is 13.6. The Bertz CT molecular complexity index is 741. The van der Waals surface area contributed by atoms with Gasteiger partial charge >= 0.3 is 0 Å². The summed E-state index contributed by atoms with van der Waals surface area (Å²) in [5.74, 6) is 4.54. The standard InChI is InChI=1S/C18H16ClFN2O/c1-22(2)14-10-8-13(9-11-14)5-4-12-21-18(23)17-15(19)6-3-7-16(17)20/h3,6-11H,12H2,1-2H3,(H,21,23). The molecule has 0 bridgehead atoms. The van der Waals surface area contributed by atoms with Gasteiger partial charge in [-0.25, -0.2) is 4.39 Å². The van der Waals surface area contributed by atoms with Gasteiger partial charge in [0.25, 0.3) is 5.91 Å². The maximum atomic E-state index is 13.6. The lowest BCUT2D eigenvalue weighted by molar-refractivity contribution is 0.0955. The Kier molecular flexibility index (Phi) is 5.61. The molecular weight excluding hydrogens is 315 g/mol. The van der Waals surface area contributed by atoms with E-state index in [0.29, 0.717) is 0 Å². The molecule has 2 rings (SSSR count). The molecule has 0 aliphatic rings. The van der Waals surface area contributed by atoms with E-state index in [4.69, 9.17) is 11.6 Å². The normalized spacial score (nSPS) is 9.74. The quantitative estimate of drug-likeness (QED) is 0.876. The van der Waals surface area contributed by atoms with Crippen molar-refractivity contribution in [1.82, 2.24) is 5.32 Å². The molecule has 5 heteroatoms. The molecule has 3 nitrogen and oxygen atoms in total. The zero-order valence-corrected chi connectivity index (χ0v) is 13.6. The SMILES string of the molecule is CN(C)c1ccc(C#CCNC(=O)c2c(F)cccc2Cl)cc1. The molecule has 0 aliphatic heterocycles. The Balaban J connectivity index is 1.96. The summed E-state index contributed by atoms with van der Waals surface area (Å²) in [4.78, 5) is 13.9. The first-order valence-electron chi connectivity index (χ1n) is 6.97. The molecule has 0 radical (unpaired) electrons. The van der Waals surface area contributed by atoms with Crippen LogP contribution in [0.4, 0.5) is 10.1 Å². The number of anilines is 1. The molecule has 0 fully saturated rings. The number of hydrogen-bond acceptors (Lipinski definition) is 2. The maximum absolute atomic E-state index is 13.6. The van der Waals surface area contributed by atoms with Gasteiger partial charge in [-0.15, -0.1) is 0 Å². The van der Waals surface area contributed by atoms with E-state index < -0.39 is 11.7 Å². The molecule has 0 saturated heterocycles. The summed E-state index contributed by atoms with van der Waals surface area (Å²) in [7, 11) is 3.92. The fourth-order valence-electron chi connectivity index (χ4n) is 1.92. The fraction of sp³-hybridized carbons (Fsp3) is 0.167. The van der Waals surface area contributed by atoms with E-state index in [1.807, 2.05) is 43.3 Å². The van der Waals surface area contributed by atoms with Gasteiger partial charge in [0.05, 0.1) is 17.1 Å². The summed E-state index contributed by atoms with van der Waals surface area (Å²) in [6.07, 6.45) is 0. The topological polar surface area (TPSA) is 32.3 Å². The van der Waals surface area contributed by atoms with Crippen molar-refractivity contribution in [2.24, 2.45) is 0 Å². The van der Waals surface area contributed by atoms with Crippen molar-refractivity contribution in [3.05, 3.63) is 64.4 Å². The van der Waals surface area contributed by atoms with Gasteiger partial charge in [-0.05, 0) is 36.4 Å². The highest BCUT2D eigenvalue weighted by atomic mass is 35.5. The van der Waals surface area contributed by atoms with E-state index in [1.165, 1.54) is 18.2 Å². The van der Waals surface area contributed by atoms with E-state index in [-0.39, 0.29) is 17.1 Å². The molecule has 1 N–H and O–H groups in total. The molecule has 118 valence electrons. The zero-order valence-electron chi connectivity index (χ0n) is 12.9. The van der Waals surface area contributed by atoms with E-state index in [1.54, 1.807) is 0 Å². The van der Waals surface area contributed by atoms with Gasteiger partial charge < -0.3 is 10.2 Å². The lowest BCUT2D eigenvalue weighted by Crippen LogP contribution is -2.25. The zero-order chi connectivity index (χ0) is 16.8. The third-order valence-corrected chi connectivity index (χ3v) is 3.46. The minimum Gasteiger partial charge on any atom is -0.378 e. The monoisotopic (exact) mass is 330 g/mol. The number of amides is 1. The molecule has 1 amide bonds. The first-order valence-corrected chi connectivity index (χ1v) is 7.35. The van der Waals surface area contributed by atoms with E-state index in [9.17, 15) is 9.18 Å². The Labute approximate surface area is 140 Å². The molecule has 0 spiro atoms. The van der Waals surface area contributed by atoms with Crippen molar-refractivity contribution in [1.29, 1.82) is 0 Å². The molecule has 0 atom stereocenters. The molecule has 2 aromatic carbocycles. The van der Waals surface area contributed by atoms with Crippen LogP contribution in [-0.2, 0) is 0 Å². The number of benzene rings is 2. The van der Waals surface area contributed by atoms with Gasteiger partial charge in [0.1, 0.15) is 5.82 Å². The lowest BCUT2D eigenvalue weighted by Gasteiger charge is -2.11. The summed E-state index contributed by atoms with van der Waals surface area (Å²) >= 11 is 5.83. The highest BCUT2D eigenvalue weighted by Crippen LogP contribution is 2.18. The van der Waals surface area contributed by atoms with Crippen LogP contribution in [0.25, 0.3) is 0 Å². The van der Waals surface area contributed by atoms with E-state index in [2.05, 4.69) is 17.2 Å². The summed E-state index contributed by atoms with van der Waals surface area (Å²) in [5, 5.41) is 2.61. The van der Waals surface area contributed by atoms with Crippen LogP contribution >= 0.6 is 11.6 Å². The van der Waals surface area contributed by atoms with Gasteiger partial charge in [0.15, 0.2) is 0 Å². The first kappa shape index (κ1) is 16.9. The number of hydrogen-bond donors (Lipinski definition) is 1. The Morgan fingerprint density at radius 2 is 1.91 bits per heavy atom. The predicted molar refractivity (Wildman–Crippen MR) is 91.4 cm³/mol. The summed E-state index contributed by atoms with van der Waals surface area (Å²) in [6, 6.07) is 11.8. The molecule has 0 heterocycles.